The van der Waals surface area contributed by atoms with Gasteiger partial charge in [0.15, 0.2) is 11.6 Å². The molecular weight excluding hydrogens is 260 g/mol. The van der Waals surface area contributed by atoms with Crippen LogP contribution in [0, 0.1) is 11.6 Å². The first-order valence-electron chi connectivity index (χ1n) is 6.49. The molecule has 0 unspecified atom stereocenters. The molecule has 0 atom stereocenters. The number of nitrogens with one attached hydrogen (secondary N) is 1. The molecule has 0 aromatic heterocycles. The fourth-order valence-corrected chi connectivity index (χ4v) is 2.01. The van der Waals surface area contributed by atoms with Crippen LogP contribution in [0.3, 0.4) is 0 Å². The summed E-state index contributed by atoms with van der Waals surface area (Å²) in [5.41, 5.74) is 1.40. The molecule has 2 rings (SSSR count). The van der Waals surface area contributed by atoms with Crippen LogP contribution in [0.25, 0.3) is 11.1 Å². The first-order chi connectivity index (χ1) is 9.67. The monoisotopic (exact) mass is 277 g/mol. The van der Waals surface area contributed by atoms with Gasteiger partial charge in [-0.3, -0.25) is 0 Å². The van der Waals surface area contributed by atoms with Gasteiger partial charge in [-0.15, -0.1) is 0 Å². The molecule has 0 aliphatic carbocycles. The Morgan fingerprint density at radius 1 is 1.15 bits per heavy atom. The molecule has 2 aromatic rings. The van der Waals surface area contributed by atoms with Gasteiger partial charge in [-0.1, -0.05) is 31.2 Å². The quantitative estimate of drug-likeness (QED) is 0.898. The lowest BCUT2D eigenvalue weighted by atomic mass is 10.0. The highest BCUT2D eigenvalue weighted by molar-refractivity contribution is 5.66. The summed E-state index contributed by atoms with van der Waals surface area (Å²) >= 11 is 0. The minimum Gasteiger partial charge on any atom is -0.494 e. The fraction of sp³-hybridized carbons (Fsp3) is 0.250. The number of rotatable bonds is 5. The van der Waals surface area contributed by atoms with Crippen molar-refractivity contribution in [2.75, 3.05) is 13.7 Å². The Kier molecular flexibility index (Phi) is 4.69. The Labute approximate surface area is 117 Å². The molecule has 0 spiro atoms. The van der Waals surface area contributed by atoms with E-state index >= 15 is 0 Å². The van der Waals surface area contributed by atoms with Crippen molar-refractivity contribution in [3.05, 3.63) is 53.6 Å². The maximum Gasteiger partial charge on any atom is 0.172 e. The van der Waals surface area contributed by atoms with Crippen molar-refractivity contribution in [1.82, 2.24) is 5.32 Å². The van der Waals surface area contributed by atoms with Crippen LogP contribution in [0.5, 0.6) is 5.75 Å². The van der Waals surface area contributed by atoms with Crippen LogP contribution in [0.15, 0.2) is 36.4 Å². The van der Waals surface area contributed by atoms with Gasteiger partial charge in [0.2, 0.25) is 0 Å². The highest BCUT2D eigenvalue weighted by atomic mass is 19.1. The van der Waals surface area contributed by atoms with Crippen molar-refractivity contribution in [1.29, 1.82) is 0 Å². The largest absolute Gasteiger partial charge is 0.494 e. The molecule has 2 aromatic carbocycles. The number of ether oxygens (including phenoxy) is 1. The lowest BCUT2D eigenvalue weighted by molar-refractivity contribution is 0.387. The van der Waals surface area contributed by atoms with Crippen LogP contribution in [-0.4, -0.2) is 13.7 Å². The van der Waals surface area contributed by atoms with Gasteiger partial charge >= 0.3 is 0 Å². The summed E-state index contributed by atoms with van der Waals surface area (Å²) in [6.45, 7) is 3.19. The summed E-state index contributed by atoms with van der Waals surface area (Å²) in [4.78, 5) is 0. The first kappa shape index (κ1) is 14.5. The third-order valence-corrected chi connectivity index (χ3v) is 3.11. The molecule has 0 aliphatic heterocycles. The second-order valence-corrected chi connectivity index (χ2v) is 4.41. The maximum atomic E-state index is 14.1. The molecule has 1 N–H and O–H groups in total. The lowest BCUT2D eigenvalue weighted by Crippen LogP contribution is -2.12. The maximum absolute atomic E-state index is 14.1. The molecule has 0 amide bonds. The summed E-state index contributed by atoms with van der Waals surface area (Å²) in [7, 11) is 1.41. The van der Waals surface area contributed by atoms with Crippen molar-refractivity contribution in [2.24, 2.45) is 0 Å². The van der Waals surface area contributed by atoms with Gasteiger partial charge in [0.25, 0.3) is 0 Å². The molecule has 0 fully saturated rings. The molecule has 0 saturated carbocycles. The van der Waals surface area contributed by atoms with E-state index in [0.717, 1.165) is 6.54 Å². The highest BCUT2D eigenvalue weighted by Gasteiger charge is 2.12. The molecule has 0 bridgehead atoms. The Morgan fingerprint density at radius 3 is 2.60 bits per heavy atom. The highest BCUT2D eigenvalue weighted by Crippen LogP contribution is 2.29. The molecule has 106 valence electrons. The van der Waals surface area contributed by atoms with Gasteiger partial charge in [-0.25, -0.2) is 8.78 Å². The molecule has 2 nitrogen and oxygen atoms in total. The third kappa shape index (κ3) is 2.96. The number of hydrogen-bond acceptors (Lipinski definition) is 2. The van der Waals surface area contributed by atoms with Crippen LogP contribution in [0.4, 0.5) is 8.78 Å². The van der Waals surface area contributed by atoms with E-state index in [1.165, 1.54) is 19.2 Å². The van der Waals surface area contributed by atoms with Gasteiger partial charge in [-0.2, -0.15) is 0 Å². The van der Waals surface area contributed by atoms with Crippen LogP contribution in [-0.2, 0) is 6.54 Å². The van der Waals surface area contributed by atoms with Crippen LogP contribution >= 0.6 is 0 Å². The Hall–Kier alpha value is -1.94. The molecule has 0 aliphatic rings. The van der Waals surface area contributed by atoms with E-state index < -0.39 is 5.82 Å². The fourth-order valence-electron chi connectivity index (χ4n) is 2.01. The van der Waals surface area contributed by atoms with Gasteiger partial charge in [0.05, 0.1) is 7.11 Å². The summed E-state index contributed by atoms with van der Waals surface area (Å²) in [6, 6.07) is 9.57. The van der Waals surface area contributed by atoms with Crippen molar-refractivity contribution in [2.45, 2.75) is 13.5 Å². The Morgan fingerprint density at radius 2 is 1.95 bits per heavy atom. The molecule has 20 heavy (non-hydrogen) atoms. The number of benzene rings is 2. The van der Waals surface area contributed by atoms with Crippen molar-refractivity contribution >= 4 is 0 Å². The lowest BCUT2D eigenvalue weighted by Gasteiger charge is -2.09. The minimum absolute atomic E-state index is 0.152. The predicted molar refractivity (Wildman–Crippen MR) is 75.7 cm³/mol. The number of hydrogen-bond donors (Lipinski definition) is 1. The molecule has 0 saturated heterocycles. The SMILES string of the molecule is CCNCc1ccc(-c2cccc(OC)c2F)cc1F. The van der Waals surface area contributed by atoms with E-state index in [1.807, 2.05) is 6.92 Å². The van der Waals surface area contributed by atoms with E-state index in [4.69, 9.17) is 4.74 Å². The number of halogens is 2. The molecule has 0 heterocycles. The Balaban J connectivity index is 2.37. The van der Waals surface area contributed by atoms with Crippen molar-refractivity contribution in [3.63, 3.8) is 0 Å². The van der Waals surface area contributed by atoms with E-state index in [1.54, 1.807) is 24.3 Å². The first-order valence-corrected chi connectivity index (χ1v) is 6.49. The zero-order chi connectivity index (χ0) is 14.5. The van der Waals surface area contributed by atoms with Crippen LogP contribution in [0.2, 0.25) is 0 Å². The second kappa shape index (κ2) is 6.48. The van der Waals surface area contributed by atoms with Gasteiger partial charge in [-0.05, 0) is 24.2 Å². The van der Waals surface area contributed by atoms with Crippen LogP contribution in [0.1, 0.15) is 12.5 Å². The normalized spacial score (nSPS) is 10.6. The smallest absolute Gasteiger partial charge is 0.172 e. The molecule has 0 radical (unpaired) electrons. The topological polar surface area (TPSA) is 21.3 Å². The zero-order valence-corrected chi connectivity index (χ0v) is 11.5. The average Bonchev–Trinajstić information content (AvgIpc) is 2.46. The van der Waals surface area contributed by atoms with Gasteiger partial charge in [0, 0.05) is 17.7 Å². The summed E-state index contributed by atoms with van der Waals surface area (Å²) in [5.74, 6) is -0.667. The van der Waals surface area contributed by atoms with Gasteiger partial charge < -0.3 is 10.1 Å². The predicted octanol–water partition coefficient (Wildman–Crippen LogP) is 3.75. The second-order valence-electron chi connectivity index (χ2n) is 4.41. The van der Waals surface area contributed by atoms with Crippen molar-refractivity contribution in [3.8, 4) is 16.9 Å². The minimum atomic E-state index is -0.478. The third-order valence-electron chi connectivity index (χ3n) is 3.11. The standard InChI is InChI=1S/C16H17F2NO/c1-3-19-10-12-8-7-11(9-14(12)17)13-5-4-6-15(20-2)16(13)18/h4-9,19H,3,10H2,1-2H3. The van der Waals surface area contributed by atoms with E-state index in [2.05, 4.69) is 5.32 Å². The van der Waals surface area contributed by atoms with Gasteiger partial charge in [0.1, 0.15) is 5.82 Å². The zero-order valence-electron chi connectivity index (χ0n) is 11.5. The van der Waals surface area contributed by atoms with E-state index in [9.17, 15) is 8.78 Å². The van der Waals surface area contributed by atoms with E-state index in [0.29, 0.717) is 23.2 Å². The summed E-state index contributed by atoms with van der Waals surface area (Å²) in [5, 5.41) is 3.06. The van der Waals surface area contributed by atoms with Crippen LogP contribution < -0.4 is 10.1 Å². The summed E-state index contributed by atoms with van der Waals surface area (Å²) < 4.78 is 33.0. The number of methoxy groups -OCH3 is 1. The summed E-state index contributed by atoms with van der Waals surface area (Å²) in [6.07, 6.45) is 0. The Bertz CT molecular complexity index is 599. The molecule has 4 heteroatoms. The van der Waals surface area contributed by atoms with E-state index in [-0.39, 0.29) is 11.6 Å². The average molecular weight is 277 g/mol. The van der Waals surface area contributed by atoms with Crippen molar-refractivity contribution < 1.29 is 13.5 Å². The molecular formula is C16H17F2NO.